The molecule has 2 aromatic rings. The van der Waals surface area contributed by atoms with Gasteiger partial charge < -0.3 is 4.74 Å². The van der Waals surface area contributed by atoms with Gasteiger partial charge in [0.1, 0.15) is 5.75 Å². The summed E-state index contributed by atoms with van der Waals surface area (Å²) >= 11 is 0. The fourth-order valence-electron chi connectivity index (χ4n) is 3.85. The molecule has 0 aliphatic carbocycles. The normalized spacial score (nSPS) is 10.8. The van der Waals surface area contributed by atoms with Gasteiger partial charge in [0.15, 0.2) is 0 Å². The van der Waals surface area contributed by atoms with E-state index >= 15 is 0 Å². The van der Waals surface area contributed by atoms with Crippen molar-refractivity contribution in [2.24, 2.45) is 0 Å². The van der Waals surface area contributed by atoms with E-state index in [9.17, 15) is 4.79 Å². The molecule has 164 valence electrons. The maximum Gasteiger partial charge on any atom is 0.343 e. The zero-order valence-electron chi connectivity index (χ0n) is 18.9. The summed E-state index contributed by atoms with van der Waals surface area (Å²) in [6.07, 6.45) is 18.9. The van der Waals surface area contributed by atoms with E-state index in [1.165, 1.54) is 89.0 Å². The topological polar surface area (TPSA) is 26.3 Å². The van der Waals surface area contributed by atoms with Gasteiger partial charge in [-0.25, -0.2) is 4.79 Å². The van der Waals surface area contributed by atoms with Crippen LogP contribution in [0, 0.1) is 0 Å². The van der Waals surface area contributed by atoms with Crippen LogP contribution < -0.4 is 4.74 Å². The minimum Gasteiger partial charge on any atom is -0.423 e. The molecule has 0 spiro atoms. The molecule has 0 aromatic heterocycles. The Morgan fingerprint density at radius 2 is 1.23 bits per heavy atom. The smallest absolute Gasteiger partial charge is 0.343 e. The number of rotatable bonds is 16. The molecule has 2 nitrogen and oxygen atoms in total. The fraction of sp³-hybridized carbons (Fsp3) is 0.536. The highest BCUT2D eigenvalue weighted by Gasteiger charge is 2.08. The van der Waals surface area contributed by atoms with Crippen LogP contribution >= 0.6 is 0 Å². The van der Waals surface area contributed by atoms with Crippen LogP contribution in [-0.4, -0.2) is 5.97 Å². The highest BCUT2D eigenvalue weighted by atomic mass is 16.5. The van der Waals surface area contributed by atoms with Crippen molar-refractivity contribution in [3.8, 4) is 5.75 Å². The molecule has 0 radical (unpaired) electrons. The summed E-state index contributed by atoms with van der Waals surface area (Å²) < 4.78 is 5.52. The number of aryl methyl sites for hydroxylation is 1. The fourth-order valence-corrected chi connectivity index (χ4v) is 3.85. The van der Waals surface area contributed by atoms with E-state index in [0.717, 1.165) is 6.42 Å². The summed E-state index contributed by atoms with van der Waals surface area (Å²) in [6.45, 7) is 2.28. The predicted molar refractivity (Wildman–Crippen MR) is 127 cm³/mol. The van der Waals surface area contributed by atoms with Crippen molar-refractivity contribution < 1.29 is 9.53 Å². The van der Waals surface area contributed by atoms with Crippen LogP contribution in [0.4, 0.5) is 0 Å². The molecule has 2 heteroatoms. The Kier molecular flexibility index (Phi) is 12.7. The van der Waals surface area contributed by atoms with E-state index in [4.69, 9.17) is 4.74 Å². The third-order valence-electron chi connectivity index (χ3n) is 5.69. The lowest BCUT2D eigenvalue weighted by molar-refractivity contribution is 0.0734. The monoisotopic (exact) mass is 408 g/mol. The molecule has 0 aliphatic heterocycles. The molecule has 0 saturated heterocycles. The van der Waals surface area contributed by atoms with Crippen LogP contribution in [0.15, 0.2) is 54.6 Å². The van der Waals surface area contributed by atoms with Crippen molar-refractivity contribution in [3.63, 3.8) is 0 Å². The second-order valence-electron chi connectivity index (χ2n) is 8.40. The van der Waals surface area contributed by atoms with Gasteiger partial charge in [-0.05, 0) is 42.7 Å². The number of hydrogen-bond acceptors (Lipinski definition) is 2. The zero-order chi connectivity index (χ0) is 21.3. The first-order chi connectivity index (χ1) is 14.8. The summed E-state index contributed by atoms with van der Waals surface area (Å²) in [5, 5.41) is 0. The van der Waals surface area contributed by atoms with E-state index < -0.39 is 0 Å². The lowest BCUT2D eigenvalue weighted by Gasteiger charge is -2.07. The lowest BCUT2D eigenvalue weighted by Crippen LogP contribution is -2.08. The van der Waals surface area contributed by atoms with Gasteiger partial charge in [0, 0.05) is 0 Å². The van der Waals surface area contributed by atoms with Crippen molar-refractivity contribution in [3.05, 3.63) is 65.7 Å². The molecular weight excluding hydrogens is 368 g/mol. The molecule has 0 amide bonds. The molecule has 30 heavy (non-hydrogen) atoms. The standard InChI is InChI=1S/C28H40O2/c1-2-3-4-5-6-7-8-9-10-11-12-13-15-19-25-20-18-23-27(24-25)30-28(29)26-21-16-14-17-22-26/h14,16-18,20-24H,2-13,15,19H2,1H3. The lowest BCUT2D eigenvalue weighted by atomic mass is 10.0. The number of unbranched alkanes of at least 4 members (excludes halogenated alkanes) is 12. The Hall–Kier alpha value is -2.09. The highest BCUT2D eigenvalue weighted by Crippen LogP contribution is 2.18. The Labute approximate surface area is 184 Å². The van der Waals surface area contributed by atoms with Crippen molar-refractivity contribution in [2.75, 3.05) is 0 Å². The molecule has 0 N–H and O–H groups in total. The SMILES string of the molecule is CCCCCCCCCCCCCCCc1cccc(OC(=O)c2ccccc2)c1. The first-order valence-corrected chi connectivity index (χ1v) is 12.2. The van der Waals surface area contributed by atoms with Crippen LogP contribution in [0.2, 0.25) is 0 Å². The summed E-state index contributed by atoms with van der Waals surface area (Å²) in [4.78, 5) is 12.2. The first kappa shape index (κ1) is 24.2. The second-order valence-corrected chi connectivity index (χ2v) is 8.40. The molecule has 0 atom stereocenters. The Morgan fingerprint density at radius 3 is 1.83 bits per heavy atom. The predicted octanol–water partition coefficient (Wildman–Crippen LogP) is 8.54. The number of benzene rings is 2. The average Bonchev–Trinajstić information content (AvgIpc) is 2.78. The quantitative estimate of drug-likeness (QED) is 0.158. The number of esters is 1. The molecule has 0 heterocycles. The van der Waals surface area contributed by atoms with Gasteiger partial charge in [-0.15, -0.1) is 0 Å². The largest absolute Gasteiger partial charge is 0.423 e. The van der Waals surface area contributed by atoms with Crippen LogP contribution in [0.5, 0.6) is 5.75 Å². The molecule has 0 aliphatic rings. The third kappa shape index (κ3) is 10.6. The Bertz CT molecular complexity index is 693. The minimum absolute atomic E-state index is 0.297. The van der Waals surface area contributed by atoms with Gasteiger partial charge in [-0.2, -0.15) is 0 Å². The molecule has 0 bridgehead atoms. The first-order valence-electron chi connectivity index (χ1n) is 12.2. The van der Waals surface area contributed by atoms with Crippen LogP contribution in [0.3, 0.4) is 0 Å². The van der Waals surface area contributed by atoms with Crippen molar-refractivity contribution in [2.45, 2.75) is 96.8 Å². The van der Waals surface area contributed by atoms with Gasteiger partial charge in [0.25, 0.3) is 0 Å². The average molecular weight is 409 g/mol. The molecular formula is C28H40O2. The van der Waals surface area contributed by atoms with Gasteiger partial charge in [-0.3, -0.25) is 0 Å². The molecule has 2 aromatic carbocycles. The van der Waals surface area contributed by atoms with Crippen molar-refractivity contribution in [1.82, 2.24) is 0 Å². The minimum atomic E-state index is -0.297. The maximum atomic E-state index is 12.2. The van der Waals surface area contributed by atoms with E-state index in [2.05, 4.69) is 13.0 Å². The summed E-state index contributed by atoms with van der Waals surface area (Å²) in [5.41, 5.74) is 1.83. The van der Waals surface area contributed by atoms with E-state index in [1.807, 2.05) is 36.4 Å². The highest BCUT2D eigenvalue weighted by molar-refractivity contribution is 5.90. The third-order valence-corrected chi connectivity index (χ3v) is 5.69. The van der Waals surface area contributed by atoms with E-state index in [0.29, 0.717) is 11.3 Å². The summed E-state index contributed by atoms with van der Waals surface area (Å²) in [6, 6.07) is 17.1. The summed E-state index contributed by atoms with van der Waals surface area (Å²) in [7, 11) is 0. The Balaban J connectivity index is 1.51. The molecule has 0 unspecified atom stereocenters. The van der Waals surface area contributed by atoms with E-state index in [-0.39, 0.29) is 5.97 Å². The molecule has 0 fully saturated rings. The maximum absolute atomic E-state index is 12.2. The number of ether oxygens (including phenoxy) is 1. The van der Waals surface area contributed by atoms with Crippen LogP contribution in [0.25, 0.3) is 0 Å². The van der Waals surface area contributed by atoms with Crippen molar-refractivity contribution in [1.29, 1.82) is 0 Å². The Morgan fingerprint density at radius 1 is 0.667 bits per heavy atom. The molecule has 0 saturated carbocycles. The van der Waals surface area contributed by atoms with Gasteiger partial charge in [-0.1, -0.05) is 114 Å². The van der Waals surface area contributed by atoms with Gasteiger partial charge >= 0.3 is 5.97 Å². The van der Waals surface area contributed by atoms with Gasteiger partial charge in [0.05, 0.1) is 5.56 Å². The number of hydrogen-bond donors (Lipinski definition) is 0. The summed E-state index contributed by atoms with van der Waals surface area (Å²) in [5.74, 6) is 0.338. The number of carbonyl (C=O) groups is 1. The van der Waals surface area contributed by atoms with Crippen LogP contribution in [-0.2, 0) is 6.42 Å². The number of carbonyl (C=O) groups excluding carboxylic acids is 1. The van der Waals surface area contributed by atoms with E-state index in [1.54, 1.807) is 12.1 Å². The van der Waals surface area contributed by atoms with Crippen molar-refractivity contribution >= 4 is 5.97 Å². The molecule has 2 rings (SSSR count). The zero-order valence-corrected chi connectivity index (χ0v) is 18.9. The second kappa shape index (κ2) is 15.7. The van der Waals surface area contributed by atoms with Crippen LogP contribution in [0.1, 0.15) is 106 Å². The van der Waals surface area contributed by atoms with Gasteiger partial charge in [0.2, 0.25) is 0 Å².